The number of nitrogens with one attached hydrogen (secondary N) is 1. The highest BCUT2D eigenvalue weighted by atomic mass is 32.2. The second kappa shape index (κ2) is 13.0. The van der Waals surface area contributed by atoms with Crippen molar-refractivity contribution in [3.63, 3.8) is 0 Å². The molecule has 1 aliphatic heterocycles. The molecule has 2 unspecified atom stereocenters. The molecule has 0 aliphatic carbocycles. The largest absolute Gasteiger partial charge is 0.486 e. The minimum Gasteiger partial charge on any atom is -0.486 e. The van der Waals surface area contributed by atoms with Crippen molar-refractivity contribution in [3.8, 4) is 11.5 Å². The fourth-order valence-corrected chi connectivity index (χ4v) is 5.09. The van der Waals surface area contributed by atoms with Crippen LogP contribution < -0.4 is 19.1 Å². The molecule has 2 amide bonds. The Morgan fingerprint density at radius 1 is 1.03 bits per heavy atom. The molecule has 38 heavy (non-hydrogen) atoms. The molecule has 2 aromatic carbocycles. The summed E-state index contributed by atoms with van der Waals surface area (Å²) in [6.07, 6.45) is 2.29. The minimum absolute atomic E-state index is 0.00408. The van der Waals surface area contributed by atoms with Crippen LogP contribution in [0, 0.1) is 6.92 Å². The van der Waals surface area contributed by atoms with Gasteiger partial charge in [0.2, 0.25) is 21.8 Å². The van der Waals surface area contributed by atoms with Crippen LogP contribution in [0.1, 0.15) is 51.2 Å². The Kier molecular flexibility index (Phi) is 10.0. The van der Waals surface area contributed by atoms with E-state index in [-0.39, 0.29) is 43.8 Å². The molecule has 3 rings (SSSR count). The van der Waals surface area contributed by atoms with Crippen molar-refractivity contribution >= 4 is 27.5 Å². The Labute approximate surface area is 226 Å². The van der Waals surface area contributed by atoms with Gasteiger partial charge in [-0.05, 0) is 51.3 Å². The summed E-state index contributed by atoms with van der Waals surface area (Å²) >= 11 is 0. The topological polar surface area (TPSA) is 105 Å². The Hall–Kier alpha value is -3.27. The van der Waals surface area contributed by atoms with Gasteiger partial charge in [-0.1, -0.05) is 36.8 Å². The highest BCUT2D eigenvalue weighted by Crippen LogP contribution is 2.34. The van der Waals surface area contributed by atoms with Gasteiger partial charge in [-0.15, -0.1) is 0 Å². The third-order valence-corrected chi connectivity index (χ3v) is 7.80. The zero-order valence-corrected chi connectivity index (χ0v) is 23.7. The summed E-state index contributed by atoms with van der Waals surface area (Å²) in [7, 11) is -3.61. The van der Waals surface area contributed by atoms with Crippen molar-refractivity contribution in [2.75, 3.05) is 30.3 Å². The van der Waals surface area contributed by atoms with Crippen molar-refractivity contribution in [1.29, 1.82) is 0 Å². The number of carbonyl (C=O) groups is 2. The lowest BCUT2D eigenvalue weighted by Gasteiger charge is -2.30. The predicted molar refractivity (Wildman–Crippen MR) is 148 cm³/mol. The van der Waals surface area contributed by atoms with E-state index in [1.54, 1.807) is 30.0 Å². The quantitative estimate of drug-likeness (QED) is 0.437. The molecule has 2 aromatic rings. The van der Waals surface area contributed by atoms with Gasteiger partial charge in [0.1, 0.15) is 19.3 Å². The molecule has 10 heteroatoms. The first-order chi connectivity index (χ1) is 18.0. The summed E-state index contributed by atoms with van der Waals surface area (Å²) in [6, 6.07) is 12.2. The van der Waals surface area contributed by atoms with Crippen LogP contribution in [0.15, 0.2) is 42.5 Å². The molecule has 0 spiro atoms. The molecule has 9 nitrogen and oxygen atoms in total. The molecule has 0 saturated carbocycles. The molecule has 0 bridgehead atoms. The first kappa shape index (κ1) is 29.3. The molecule has 1 aliphatic rings. The van der Waals surface area contributed by atoms with E-state index in [2.05, 4.69) is 5.32 Å². The molecule has 1 N–H and O–H groups in total. The molecular formula is C28H39N3O6S. The van der Waals surface area contributed by atoms with Crippen molar-refractivity contribution in [2.24, 2.45) is 0 Å². The number of hydrogen-bond acceptors (Lipinski definition) is 6. The van der Waals surface area contributed by atoms with Gasteiger partial charge in [0, 0.05) is 31.6 Å². The van der Waals surface area contributed by atoms with E-state index >= 15 is 0 Å². The Balaban J connectivity index is 1.73. The van der Waals surface area contributed by atoms with Crippen LogP contribution in [-0.2, 0) is 26.2 Å². The number of rotatable bonds is 12. The summed E-state index contributed by atoms with van der Waals surface area (Å²) in [5.41, 5.74) is 2.47. The summed E-state index contributed by atoms with van der Waals surface area (Å²) in [5, 5.41) is 2.96. The summed E-state index contributed by atoms with van der Waals surface area (Å²) < 4.78 is 37.6. The second-order valence-corrected chi connectivity index (χ2v) is 11.7. The fourth-order valence-electron chi connectivity index (χ4n) is 4.13. The van der Waals surface area contributed by atoms with E-state index < -0.39 is 16.1 Å². The first-order valence-corrected chi connectivity index (χ1v) is 14.9. The van der Waals surface area contributed by atoms with Gasteiger partial charge in [0.15, 0.2) is 11.5 Å². The molecule has 0 radical (unpaired) electrons. The van der Waals surface area contributed by atoms with Crippen LogP contribution in [0.5, 0.6) is 11.5 Å². The van der Waals surface area contributed by atoms with E-state index in [9.17, 15) is 18.0 Å². The van der Waals surface area contributed by atoms with Gasteiger partial charge < -0.3 is 19.7 Å². The zero-order chi connectivity index (χ0) is 27.9. The van der Waals surface area contributed by atoms with Crippen LogP contribution in [-0.4, -0.2) is 63.2 Å². The lowest BCUT2D eigenvalue weighted by Crippen LogP contribution is -2.49. The maximum Gasteiger partial charge on any atom is 0.242 e. The number of aryl methyl sites for hydroxylation is 1. The third kappa shape index (κ3) is 7.86. The number of nitrogens with zero attached hydrogens (tertiary/aromatic N) is 2. The van der Waals surface area contributed by atoms with E-state index in [1.165, 1.54) is 4.31 Å². The number of sulfonamides is 1. The number of amides is 2. The average molecular weight is 546 g/mol. The highest BCUT2D eigenvalue weighted by molar-refractivity contribution is 7.92. The second-order valence-electron chi connectivity index (χ2n) is 9.77. The highest BCUT2D eigenvalue weighted by Gasteiger charge is 2.27. The molecular weight excluding hydrogens is 506 g/mol. The van der Waals surface area contributed by atoms with Gasteiger partial charge in [0.25, 0.3) is 0 Å². The van der Waals surface area contributed by atoms with Gasteiger partial charge in [-0.2, -0.15) is 0 Å². The number of ether oxygens (including phenoxy) is 2. The number of benzene rings is 2. The van der Waals surface area contributed by atoms with E-state index in [1.807, 2.05) is 45.0 Å². The van der Waals surface area contributed by atoms with Crippen molar-refractivity contribution in [2.45, 2.75) is 65.6 Å². The average Bonchev–Trinajstić information content (AvgIpc) is 2.89. The van der Waals surface area contributed by atoms with Gasteiger partial charge in [-0.3, -0.25) is 13.9 Å². The summed E-state index contributed by atoms with van der Waals surface area (Å²) in [4.78, 5) is 27.9. The fraction of sp³-hybridized carbons (Fsp3) is 0.500. The standard InChI is InChI=1S/C28H39N3O6S/c1-6-21(3)29-28(33)22(4)30(19-23-11-9-20(2)10-12-23)27(32)8-7-15-31(38(5,34)35)24-13-14-25-26(18-24)37-17-16-36-25/h9-14,18,21-22H,6-8,15-17,19H2,1-5H3,(H,29,33). The molecule has 1 heterocycles. The van der Waals surface area contributed by atoms with Crippen LogP contribution >= 0.6 is 0 Å². The van der Waals surface area contributed by atoms with E-state index in [4.69, 9.17) is 9.47 Å². The van der Waals surface area contributed by atoms with Crippen molar-refractivity contribution in [3.05, 3.63) is 53.6 Å². The SMILES string of the molecule is CCC(C)NC(=O)C(C)N(Cc1ccc(C)cc1)C(=O)CCCN(c1ccc2c(c1)OCCO2)S(C)(=O)=O. The third-order valence-electron chi connectivity index (χ3n) is 6.61. The van der Waals surface area contributed by atoms with E-state index in [0.29, 0.717) is 30.4 Å². The van der Waals surface area contributed by atoms with Crippen molar-refractivity contribution in [1.82, 2.24) is 10.2 Å². The van der Waals surface area contributed by atoms with Crippen LogP contribution in [0.3, 0.4) is 0 Å². The number of fused-ring (bicyclic) bond motifs is 1. The predicted octanol–water partition coefficient (Wildman–Crippen LogP) is 3.64. The van der Waals surface area contributed by atoms with E-state index in [0.717, 1.165) is 23.8 Å². The minimum atomic E-state index is -3.61. The van der Waals surface area contributed by atoms with Crippen LogP contribution in [0.4, 0.5) is 5.69 Å². The summed E-state index contributed by atoms with van der Waals surface area (Å²) in [6.45, 7) is 8.85. The van der Waals surface area contributed by atoms with Gasteiger partial charge in [-0.25, -0.2) is 8.42 Å². The molecule has 0 saturated heterocycles. The Bertz CT molecular complexity index is 1220. The van der Waals surface area contributed by atoms with Gasteiger partial charge >= 0.3 is 0 Å². The Morgan fingerprint density at radius 3 is 2.32 bits per heavy atom. The monoisotopic (exact) mass is 545 g/mol. The normalized spacial score (nSPS) is 14.3. The maximum atomic E-state index is 13.4. The van der Waals surface area contributed by atoms with Crippen molar-refractivity contribution < 1.29 is 27.5 Å². The molecule has 2 atom stereocenters. The summed E-state index contributed by atoms with van der Waals surface area (Å²) in [5.74, 6) is 0.630. The zero-order valence-electron chi connectivity index (χ0n) is 22.9. The molecule has 0 fully saturated rings. The maximum absolute atomic E-state index is 13.4. The number of hydrogen-bond donors (Lipinski definition) is 1. The molecule has 208 valence electrons. The first-order valence-electron chi connectivity index (χ1n) is 13.0. The van der Waals surface area contributed by atoms with Crippen LogP contribution in [0.2, 0.25) is 0 Å². The van der Waals surface area contributed by atoms with Gasteiger partial charge in [0.05, 0.1) is 11.9 Å². The smallest absolute Gasteiger partial charge is 0.242 e. The number of carbonyl (C=O) groups excluding carboxylic acids is 2. The van der Waals surface area contributed by atoms with Crippen LogP contribution in [0.25, 0.3) is 0 Å². The lowest BCUT2D eigenvalue weighted by atomic mass is 10.1. The number of anilines is 1. The Morgan fingerprint density at radius 2 is 1.68 bits per heavy atom. The lowest BCUT2D eigenvalue weighted by molar-refractivity contribution is -0.140. The molecule has 0 aromatic heterocycles.